The highest BCUT2D eigenvalue weighted by molar-refractivity contribution is 9.11. The van der Waals surface area contributed by atoms with Crippen molar-refractivity contribution in [2.75, 3.05) is 5.73 Å². The van der Waals surface area contributed by atoms with Crippen LogP contribution in [0.1, 0.15) is 15.9 Å². The van der Waals surface area contributed by atoms with Crippen molar-refractivity contribution >= 4 is 43.5 Å². The molecule has 2 rings (SSSR count). The zero-order chi connectivity index (χ0) is 14.7. The van der Waals surface area contributed by atoms with E-state index in [1.54, 1.807) is 30.3 Å². The van der Waals surface area contributed by atoms with Crippen molar-refractivity contribution in [2.24, 2.45) is 0 Å². The fourth-order valence-corrected chi connectivity index (χ4v) is 2.53. The summed E-state index contributed by atoms with van der Waals surface area (Å²) in [6.45, 7) is 0.103. The van der Waals surface area contributed by atoms with Crippen molar-refractivity contribution in [2.45, 2.75) is 6.54 Å². The molecule has 20 heavy (non-hydrogen) atoms. The molecule has 0 aliphatic rings. The highest BCUT2D eigenvalue weighted by Gasteiger charge is 2.12. The van der Waals surface area contributed by atoms with E-state index in [0.29, 0.717) is 21.3 Å². The fraction of sp³-hybridized carbons (Fsp3) is 0.0714. The molecule has 2 aromatic rings. The summed E-state index contributed by atoms with van der Waals surface area (Å²) in [4.78, 5) is 12.1. The number of nitrogen functional groups attached to an aromatic ring is 1. The number of benzene rings is 2. The number of hydrogen-bond acceptors (Lipinski definition) is 2. The van der Waals surface area contributed by atoms with Gasteiger partial charge in [-0.15, -0.1) is 0 Å². The first kappa shape index (κ1) is 15.0. The van der Waals surface area contributed by atoms with Gasteiger partial charge in [-0.1, -0.05) is 22.0 Å². The van der Waals surface area contributed by atoms with Gasteiger partial charge in [-0.3, -0.25) is 4.79 Å². The average Bonchev–Trinajstić information content (AvgIpc) is 2.42. The van der Waals surface area contributed by atoms with Crippen LogP contribution in [0.15, 0.2) is 45.3 Å². The van der Waals surface area contributed by atoms with Crippen molar-refractivity contribution < 1.29 is 9.18 Å². The van der Waals surface area contributed by atoms with E-state index in [1.165, 1.54) is 6.07 Å². The number of amides is 1. The van der Waals surface area contributed by atoms with Crippen LogP contribution < -0.4 is 11.1 Å². The lowest BCUT2D eigenvalue weighted by Crippen LogP contribution is -2.24. The summed E-state index contributed by atoms with van der Waals surface area (Å²) in [5.41, 5.74) is 7.02. The number of carbonyl (C=O) groups is 1. The molecule has 0 bridgehead atoms. The molecule has 6 heteroatoms. The van der Waals surface area contributed by atoms with Crippen molar-refractivity contribution in [1.82, 2.24) is 5.32 Å². The van der Waals surface area contributed by atoms with Crippen LogP contribution in [0.4, 0.5) is 10.1 Å². The lowest BCUT2D eigenvalue weighted by atomic mass is 10.1. The number of halogens is 3. The van der Waals surface area contributed by atoms with Crippen LogP contribution in [0.3, 0.4) is 0 Å². The maximum absolute atomic E-state index is 13.6. The Morgan fingerprint density at radius 1 is 1.25 bits per heavy atom. The SMILES string of the molecule is Nc1cccc(C(=O)NCc2cc(Br)ccc2F)c1Br. The van der Waals surface area contributed by atoms with Gasteiger partial charge in [0.15, 0.2) is 0 Å². The van der Waals surface area contributed by atoms with E-state index >= 15 is 0 Å². The molecule has 0 spiro atoms. The zero-order valence-corrected chi connectivity index (χ0v) is 13.5. The molecule has 0 radical (unpaired) electrons. The van der Waals surface area contributed by atoms with Crippen LogP contribution in [0, 0.1) is 5.82 Å². The van der Waals surface area contributed by atoms with Gasteiger partial charge >= 0.3 is 0 Å². The van der Waals surface area contributed by atoms with E-state index < -0.39 is 0 Å². The van der Waals surface area contributed by atoms with Crippen LogP contribution in [0.25, 0.3) is 0 Å². The van der Waals surface area contributed by atoms with Crippen molar-refractivity contribution in [3.05, 3.63) is 62.3 Å². The van der Waals surface area contributed by atoms with Gasteiger partial charge in [-0.2, -0.15) is 0 Å². The van der Waals surface area contributed by atoms with E-state index in [1.807, 2.05) is 0 Å². The molecular formula is C14H11Br2FN2O. The second-order valence-electron chi connectivity index (χ2n) is 4.13. The maximum Gasteiger partial charge on any atom is 0.252 e. The molecule has 3 nitrogen and oxygen atoms in total. The van der Waals surface area contributed by atoms with Gasteiger partial charge in [0.25, 0.3) is 5.91 Å². The Bertz CT molecular complexity index is 662. The smallest absolute Gasteiger partial charge is 0.252 e. The minimum absolute atomic E-state index is 0.103. The summed E-state index contributed by atoms with van der Waals surface area (Å²) in [5, 5.41) is 2.67. The Morgan fingerprint density at radius 3 is 2.75 bits per heavy atom. The molecule has 0 aliphatic heterocycles. The lowest BCUT2D eigenvalue weighted by molar-refractivity contribution is 0.0950. The number of rotatable bonds is 3. The normalized spacial score (nSPS) is 10.3. The van der Waals surface area contributed by atoms with Crippen molar-refractivity contribution in [3.63, 3.8) is 0 Å². The molecule has 0 heterocycles. The topological polar surface area (TPSA) is 55.1 Å². The number of hydrogen-bond donors (Lipinski definition) is 2. The average molecular weight is 402 g/mol. The van der Waals surface area contributed by atoms with Gasteiger partial charge in [0.2, 0.25) is 0 Å². The highest BCUT2D eigenvalue weighted by atomic mass is 79.9. The molecule has 0 saturated heterocycles. The van der Waals surface area contributed by atoms with E-state index in [0.717, 1.165) is 4.47 Å². The Morgan fingerprint density at radius 2 is 2.00 bits per heavy atom. The predicted octanol–water partition coefficient (Wildman–Crippen LogP) is 3.86. The molecule has 0 aliphatic carbocycles. The molecule has 3 N–H and O–H groups in total. The summed E-state index contributed by atoms with van der Waals surface area (Å²) in [5.74, 6) is -0.677. The highest BCUT2D eigenvalue weighted by Crippen LogP contribution is 2.23. The number of anilines is 1. The third-order valence-corrected chi connectivity index (χ3v) is 4.10. The molecule has 0 fully saturated rings. The second-order valence-corrected chi connectivity index (χ2v) is 5.84. The fourth-order valence-electron chi connectivity index (χ4n) is 1.67. The van der Waals surface area contributed by atoms with Crippen LogP contribution in [-0.2, 0) is 6.54 Å². The molecule has 0 atom stereocenters. The van der Waals surface area contributed by atoms with E-state index in [2.05, 4.69) is 37.2 Å². The van der Waals surface area contributed by atoms with E-state index in [-0.39, 0.29) is 18.3 Å². The first-order valence-corrected chi connectivity index (χ1v) is 7.33. The Kier molecular flexibility index (Phi) is 4.77. The monoisotopic (exact) mass is 400 g/mol. The summed E-state index contributed by atoms with van der Waals surface area (Å²) < 4.78 is 14.9. The molecule has 0 saturated carbocycles. The van der Waals surface area contributed by atoms with Crippen molar-refractivity contribution in [3.8, 4) is 0 Å². The summed E-state index contributed by atoms with van der Waals surface area (Å²) >= 11 is 6.53. The molecule has 104 valence electrons. The minimum atomic E-state index is -0.361. The molecule has 2 aromatic carbocycles. The molecular weight excluding hydrogens is 391 g/mol. The first-order chi connectivity index (χ1) is 9.49. The largest absolute Gasteiger partial charge is 0.398 e. The maximum atomic E-state index is 13.6. The number of nitrogens with one attached hydrogen (secondary N) is 1. The summed E-state index contributed by atoms with van der Waals surface area (Å²) in [6, 6.07) is 9.61. The lowest BCUT2D eigenvalue weighted by Gasteiger charge is -2.09. The van der Waals surface area contributed by atoms with Gasteiger partial charge in [0.05, 0.1) is 10.0 Å². The standard InChI is InChI=1S/C14H11Br2FN2O/c15-9-4-5-11(17)8(6-9)7-19-14(20)10-2-1-3-12(18)13(10)16/h1-6H,7,18H2,(H,19,20). The first-order valence-electron chi connectivity index (χ1n) is 5.75. The third-order valence-electron chi connectivity index (χ3n) is 2.72. The van der Waals surface area contributed by atoms with Gasteiger partial charge in [-0.05, 0) is 46.3 Å². The van der Waals surface area contributed by atoms with E-state index in [4.69, 9.17) is 5.73 Å². The Labute approximate surface area is 132 Å². The molecule has 0 aromatic heterocycles. The van der Waals surface area contributed by atoms with Crippen LogP contribution in [0.2, 0.25) is 0 Å². The minimum Gasteiger partial charge on any atom is -0.398 e. The quantitative estimate of drug-likeness (QED) is 0.767. The van der Waals surface area contributed by atoms with Gasteiger partial charge in [-0.25, -0.2) is 4.39 Å². The van der Waals surface area contributed by atoms with Crippen LogP contribution in [0.5, 0.6) is 0 Å². The number of nitrogens with two attached hydrogens (primary N) is 1. The molecule has 0 unspecified atom stereocenters. The third kappa shape index (κ3) is 3.37. The van der Waals surface area contributed by atoms with Gasteiger partial charge < -0.3 is 11.1 Å². The second kappa shape index (κ2) is 6.37. The zero-order valence-electron chi connectivity index (χ0n) is 10.3. The van der Waals surface area contributed by atoms with Crippen molar-refractivity contribution in [1.29, 1.82) is 0 Å². The Balaban J connectivity index is 2.13. The summed E-state index contributed by atoms with van der Waals surface area (Å²) in [6.07, 6.45) is 0. The van der Waals surface area contributed by atoms with Crippen LogP contribution >= 0.6 is 31.9 Å². The van der Waals surface area contributed by atoms with E-state index in [9.17, 15) is 9.18 Å². The number of carbonyl (C=O) groups excluding carboxylic acids is 1. The molecule has 1 amide bonds. The van der Waals surface area contributed by atoms with Crippen LogP contribution in [-0.4, -0.2) is 5.91 Å². The Hall–Kier alpha value is -1.40. The van der Waals surface area contributed by atoms with Gasteiger partial charge in [0, 0.05) is 22.3 Å². The predicted molar refractivity (Wildman–Crippen MR) is 83.8 cm³/mol. The summed E-state index contributed by atoms with van der Waals surface area (Å²) in [7, 11) is 0. The van der Waals surface area contributed by atoms with Gasteiger partial charge in [0.1, 0.15) is 5.82 Å².